The highest BCUT2D eigenvalue weighted by molar-refractivity contribution is 7.17. The molecule has 1 aromatic carbocycles. The van der Waals surface area contributed by atoms with Crippen LogP contribution in [-0.2, 0) is 4.79 Å². The van der Waals surface area contributed by atoms with Crippen LogP contribution in [0, 0.1) is 6.92 Å². The van der Waals surface area contributed by atoms with Gasteiger partial charge in [0.15, 0.2) is 0 Å². The number of carboxylic acids is 1. The molecule has 1 heterocycles. The van der Waals surface area contributed by atoms with Gasteiger partial charge in [0.25, 0.3) is 5.91 Å². The molecule has 10 heteroatoms. The zero-order valence-electron chi connectivity index (χ0n) is 14.5. The molecule has 2 aromatic rings. The molecule has 144 valence electrons. The van der Waals surface area contributed by atoms with Crippen molar-refractivity contribution >= 4 is 40.8 Å². The molecule has 0 radical (unpaired) electrons. The fourth-order valence-corrected chi connectivity index (χ4v) is 3.65. The standard InChI is InChI=1S/C17H19ClN4O4S/c1-9-13(27-15(21-9)10-5-2-3-6-11(10)18)14(23)22-12(16(24)25)7-4-8-20-17(19)26/h2-3,5-6,12H,4,7-8H2,1H3,(H,22,23)(H,24,25)(H3,19,20,26). The van der Waals surface area contributed by atoms with E-state index >= 15 is 0 Å². The predicted molar refractivity (Wildman–Crippen MR) is 103 cm³/mol. The van der Waals surface area contributed by atoms with Gasteiger partial charge in [0.05, 0.1) is 10.7 Å². The number of benzene rings is 1. The van der Waals surface area contributed by atoms with Crippen molar-refractivity contribution in [1.29, 1.82) is 0 Å². The number of aliphatic carboxylic acids is 1. The zero-order valence-corrected chi connectivity index (χ0v) is 16.1. The molecule has 0 fully saturated rings. The summed E-state index contributed by atoms with van der Waals surface area (Å²) in [6.07, 6.45) is 0.503. The Hall–Kier alpha value is -2.65. The third-order valence-electron chi connectivity index (χ3n) is 3.68. The van der Waals surface area contributed by atoms with E-state index in [1.165, 1.54) is 0 Å². The van der Waals surface area contributed by atoms with E-state index in [1.807, 2.05) is 6.07 Å². The number of hydrogen-bond donors (Lipinski definition) is 4. The first-order chi connectivity index (χ1) is 12.8. The van der Waals surface area contributed by atoms with E-state index in [0.29, 0.717) is 32.6 Å². The molecule has 27 heavy (non-hydrogen) atoms. The number of rotatable bonds is 8. The van der Waals surface area contributed by atoms with Crippen LogP contribution in [0.5, 0.6) is 0 Å². The van der Waals surface area contributed by atoms with Crippen molar-refractivity contribution in [3.63, 3.8) is 0 Å². The normalized spacial score (nSPS) is 11.6. The lowest BCUT2D eigenvalue weighted by Gasteiger charge is -2.14. The first-order valence-corrected chi connectivity index (χ1v) is 9.28. The van der Waals surface area contributed by atoms with Gasteiger partial charge in [0, 0.05) is 12.1 Å². The van der Waals surface area contributed by atoms with Crippen LogP contribution in [0.15, 0.2) is 24.3 Å². The molecule has 2 rings (SSSR count). The lowest BCUT2D eigenvalue weighted by molar-refractivity contribution is -0.139. The number of thiazole rings is 1. The predicted octanol–water partition coefficient (Wildman–Crippen LogP) is 2.40. The third kappa shape index (κ3) is 5.66. The second-order valence-corrected chi connectivity index (χ2v) is 7.12. The van der Waals surface area contributed by atoms with Gasteiger partial charge in [0.2, 0.25) is 0 Å². The Labute approximate surface area is 164 Å². The van der Waals surface area contributed by atoms with Crippen molar-refractivity contribution in [3.05, 3.63) is 39.9 Å². The summed E-state index contributed by atoms with van der Waals surface area (Å²) in [5.74, 6) is -1.67. The van der Waals surface area contributed by atoms with Crippen molar-refractivity contribution in [2.24, 2.45) is 5.73 Å². The topological polar surface area (TPSA) is 134 Å². The van der Waals surface area contributed by atoms with Crippen molar-refractivity contribution < 1.29 is 19.5 Å². The van der Waals surface area contributed by atoms with Gasteiger partial charge in [0.1, 0.15) is 15.9 Å². The highest BCUT2D eigenvalue weighted by atomic mass is 35.5. The Morgan fingerprint density at radius 3 is 2.67 bits per heavy atom. The Morgan fingerprint density at radius 1 is 1.33 bits per heavy atom. The summed E-state index contributed by atoms with van der Waals surface area (Å²) < 4.78 is 0. The Morgan fingerprint density at radius 2 is 2.04 bits per heavy atom. The number of nitrogens with two attached hydrogens (primary N) is 1. The Kier molecular flexibility index (Phi) is 7.14. The van der Waals surface area contributed by atoms with Gasteiger partial charge < -0.3 is 21.5 Å². The molecule has 0 aliphatic heterocycles. The monoisotopic (exact) mass is 410 g/mol. The zero-order chi connectivity index (χ0) is 20.0. The van der Waals surface area contributed by atoms with Gasteiger partial charge in [-0.05, 0) is 25.8 Å². The minimum atomic E-state index is -1.16. The van der Waals surface area contributed by atoms with Crippen LogP contribution < -0.4 is 16.4 Å². The summed E-state index contributed by atoms with van der Waals surface area (Å²) in [6.45, 7) is 1.91. The first kappa shape index (κ1) is 20.7. The fraction of sp³-hybridized carbons (Fsp3) is 0.294. The summed E-state index contributed by atoms with van der Waals surface area (Å²) in [7, 11) is 0. The molecule has 1 aromatic heterocycles. The van der Waals surface area contributed by atoms with E-state index < -0.39 is 23.9 Å². The highest BCUT2D eigenvalue weighted by Crippen LogP contribution is 2.32. The number of aromatic nitrogens is 1. The minimum absolute atomic E-state index is 0.149. The van der Waals surface area contributed by atoms with Gasteiger partial charge in [-0.25, -0.2) is 14.6 Å². The SMILES string of the molecule is Cc1nc(-c2ccccc2Cl)sc1C(=O)NC(CCCNC(N)=O)C(=O)O. The lowest BCUT2D eigenvalue weighted by atomic mass is 10.1. The van der Waals surface area contributed by atoms with Crippen LogP contribution in [0.4, 0.5) is 4.79 Å². The smallest absolute Gasteiger partial charge is 0.326 e. The van der Waals surface area contributed by atoms with Crippen molar-refractivity contribution in [1.82, 2.24) is 15.6 Å². The molecule has 0 aliphatic rings. The molecular weight excluding hydrogens is 392 g/mol. The Balaban J connectivity index is 2.08. The molecule has 5 N–H and O–H groups in total. The van der Waals surface area contributed by atoms with Crippen LogP contribution >= 0.6 is 22.9 Å². The molecule has 8 nitrogen and oxygen atoms in total. The summed E-state index contributed by atoms with van der Waals surface area (Å²) in [5.41, 5.74) is 6.15. The van der Waals surface area contributed by atoms with Gasteiger partial charge in [-0.2, -0.15) is 0 Å². The van der Waals surface area contributed by atoms with E-state index in [1.54, 1.807) is 25.1 Å². The number of carbonyl (C=O) groups excluding carboxylic acids is 2. The van der Waals surface area contributed by atoms with Gasteiger partial charge in [-0.15, -0.1) is 11.3 Å². The summed E-state index contributed by atoms with van der Waals surface area (Å²) >= 11 is 7.32. The quantitative estimate of drug-likeness (QED) is 0.495. The summed E-state index contributed by atoms with van der Waals surface area (Å²) in [6, 6.07) is 5.38. The van der Waals surface area contributed by atoms with Crippen LogP contribution in [-0.4, -0.2) is 40.6 Å². The lowest BCUT2D eigenvalue weighted by Crippen LogP contribution is -2.41. The number of halogens is 1. The average Bonchev–Trinajstić information content (AvgIpc) is 2.99. The van der Waals surface area contributed by atoms with E-state index in [4.69, 9.17) is 17.3 Å². The van der Waals surface area contributed by atoms with Crippen molar-refractivity contribution in [3.8, 4) is 10.6 Å². The number of nitrogens with one attached hydrogen (secondary N) is 2. The van der Waals surface area contributed by atoms with E-state index in [-0.39, 0.29) is 13.0 Å². The molecular formula is C17H19ClN4O4S. The number of carboxylic acid groups (broad SMARTS) is 1. The molecule has 3 amide bonds. The van der Waals surface area contributed by atoms with Crippen molar-refractivity contribution in [2.75, 3.05) is 6.54 Å². The minimum Gasteiger partial charge on any atom is -0.480 e. The van der Waals surface area contributed by atoms with Crippen LogP contribution in [0.3, 0.4) is 0 Å². The maximum absolute atomic E-state index is 12.5. The van der Waals surface area contributed by atoms with Gasteiger partial charge >= 0.3 is 12.0 Å². The largest absolute Gasteiger partial charge is 0.480 e. The van der Waals surface area contributed by atoms with Crippen LogP contribution in [0.25, 0.3) is 10.6 Å². The molecule has 1 atom stereocenters. The highest BCUT2D eigenvalue weighted by Gasteiger charge is 2.23. The van der Waals surface area contributed by atoms with Crippen LogP contribution in [0.2, 0.25) is 5.02 Å². The number of primary amides is 1. The summed E-state index contributed by atoms with van der Waals surface area (Å²) in [5, 5.41) is 15.3. The number of aryl methyl sites for hydroxylation is 1. The molecule has 0 bridgehead atoms. The number of nitrogens with zero attached hydrogens (tertiary/aromatic N) is 1. The average molecular weight is 411 g/mol. The van der Waals surface area contributed by atoms with E-state index in [9.17, 15) is 19.5 Å². The second-order valence-electron chi connectivity index (χ2n) is 5.71. The van der Waals surface area contributed by atoms with Gasteiger partial charge in [-0.1, -0.05) is 29.8 Å². The first-order valence-electron chi connectivity index (χ1n) is 8.09. The van der Waals surface area contributed by atoms with Crippen molar-refractivity contribution in [2.45, 2.75) is 25.8 Å². The molecule has 0 saturated carbocycles. The fourth-order valence-electron chi connectivity index (χ4n) is 2.36. The van der Waals surface area contributed by atoms with Crippen LogP contribution in [0.1, 0.15) is 28.2 Å². The number of urea groups is 1. The maximum Gasteiger partial charge on any atom is 0.326 e. The number of hydrogen-bond acceptors (Lipinski definition) is 5. The van der Waals surface area contributed by atoms with E-state index in [2.05, 4.69) is 15.6 Å². The molecule has 0 saturated heterocycles. The maximum atomic E-state index is 12.5. The molecule has 0 aliphatic carbocycles. The third-order valence-corrected chi connectivity index (χ3v) is 5.20. The Bertz CT molecular complexity index is 855. The second kappa shape index (κ2) is 9.33. The molecule has 1 unspecified atom stereocenters. The number of amides is 3. The number of carbonyl (C=O) groups is 3. The van der Waals surface area contributed by atoms with E-state index in [0.717, 1.165) is 11.3 Å². The summed E-state index contributed by atoms with van der Waals surface area (Å²) in [4.78, 5) is 39.2. The van der Waals surface area contributed by atoms with Gasteiger partial charge in [-0.3, -0.25) is 4.79 Å². The molecule has 0 spiro atoms.